The van der Waals surface area contributed by atoms with Gasteiger partial charge < -0.3 is 5.11 Å². The molecule has 0 saturated carbocycles. The van der Waals surface area contributed by atoms with Crippen LogP contribution in [0.15, 0.2) is 24.5 Å². The third-order valence-corrected chi connectivity index (χ3v) is 2.83. The Balaban J connectivity index is 2.40. The second kappa shape index (κ2) is 5.51. The Labute approximate surface area is 87.8 Å². The fourth-order valence-corrected chi connectivity index (χ4v) is 1.89. The number of amides is 1. The Morgan fingerprint density at radius 1 is 1.50 bits per heavy atom. The van der Waals surface area contributed by atoms with Gasteiger partial charge >= 0.3 is 6.09 Å². The topological polar surface area (TPSA) is 79.3 Å². The van der Waals surface area contributed by atoms with Gasteiger partial charge in [0, 0.05) is 39.7 Å². The number of carbonyl (C=O) groups is 2. The Morgan fingerprint density at radius 3 is 2.86 bits per heavy atom. The number of aromatic nitrogens is 1. The average Bonchev–Trinajstić information content (AvgIpc) is 2.18. The van der Waals surface area contributed by atoms with Gasteiger partial charge in [-0.2, -0.15) is 0 Å². The van der Waals surface area contributed by atoms with Gasteiger partial charge in [0.25, 0.3) is 0 Å². The number of pyridine rings is 1. The molecule has 0 fully saturated rings. The predicted octanol–water partition coefficient (Wildman–Crippen LogP) is 1.79. The van der Waals surface area contributed by atoms with Gasteiger partial charge in [-0.25, -0.2) is 4.79 Å². The van der Waals surface area contributed by atoms with Gasteiger partial charge in [-0.1, -0.05) is 0 Å². The molecule has 5 nitrogen and oxygen atoms in total. The van der Waals surface area contributed by atoms with Crippen molar-refractivity contribution in [1.29, 1.82) is 0 Å². The minimum absolute atomic E-state index is 0.239. The molecule has 0 spiro atoms. The second-order valence-corrected chi connectivity index (χ2v) is 4.01. The maximum atomic E-state index is 11.3. The number of hydrogen-bond donors (Lipinski definition) is 2. The normalized spacial score (nSPS) is 9.43. The van der Waals surface area contributed by atoms with Crippen LogP contribution in [0.1, 0.15) is 10.4 Å². The standard InChI is InChI=1S/C7H6N2O3S2/c10-6(13-14-9-7(11)12)5-2-1-3-8-4-5/h1-4,9H,(H,11,12). The highest BCUT2D eigenvalue weighted by molar-refractivity contribution is 8.81. The van der Waals surface area contributed by atoms with Crippen LogP contribution < -0.4 is 4.72 Å². The first kappa shape index (κ1) is 10.9. The molecule has 7 heteroatoms. The van der Waals surface area contributed by atoms with E-state index in [0.717, 1.165) is 21.8 Å². The number of carboxylic acid groups (broad SMARTS) is 1. The van der Waals surface area contributed by atoms with Crippen molar-refractivity contribution in [2.75, 3.05) is 0 Å². The molecule has 1 rings (SSSR count). The molecule has 1 aromatic heterocycles. The van der Waals surface area contributed by atoms with E-state index in [2.05, 4.69) is 4.98 Å². The van der Waals surface area contributed by atoms with E-state index in [1.807, 2.05) is 4.72 Å². The molecule has 0 aliphatic rings. The smallest absolute Gasteiger partial charge is 0.415 e. The summed E-state index contributed by atoms with van der Waals surface area (Å²) in [6.45, 7) is 0. The summed E-state index contributed by atoms with van der Waals surface area (Å²) in [5.41, 5.74) is 0.442. The lowest BCUT2D eigenvalue weighted by Gasteiger charge is -1.98. The summed E-state index contributed by atoms with van der Waals surface area (Å²) in [5, 5.41) is 7.99. The van der Waals surface area contributed by atoms with Crippen molar-refractivity contribution in [3.63, 3.8) is 0 Å². The molecule has 0 aliphatic heterocycles. The summed E-state index contributed by atoms with van der Waals surface area (Å²) in [5.74, 6) is 0. The minimum Gasteiger partial charge on any atom is -0.464 e. The molecule has 1 heterocycles. The highest BCUT2D eigenvalue weighted by Crippen LogP contribution is 2.22. The molecule has 1 aromatic rings. The third kappa shape index (κ3) is 3.67. The molecule has 0 aromatic carbocycles. The van der Waals surface area contributed by atoms with Gasteiger partial charge in [0.05, 0.1) is 0 Å². The molecule has 14 heavy (non-hydrogen) atoms. The predicted molar refractivity (Wildman–Crippen MR) is 54.9 cm³/mol. The van der Waals surface area contributed by atoms with Crippen LogP contribution in [0.5, 0.6) is 0 Å². The van der Waals surface area contributed by atoms with Gasteiger partial charge in [0.15, 0.2) is 0 Å². The largest absolute Gasteiger partial charge is 0.464 e. The number of nitrogens with zero attached hydrogens (tertiary/aromatic N) is 1. The monoisotopic (exact) mass is 230 g/mol. The van der Waals surface area contributed by atoms with Crippen LogP contribution >= 0.6 is 21.8 Å². The van der Waals surface area contributed by atoms with E-state index in [9.17, 15) is 9.59 Å². The molecule has 74 valence electrons. The summed E-state index contributed by atoms with van der Waals surface area (Å²) >= 11 is 0. The van der Waals surface area contributed by atoms with E-state index in [1.165, 1.54) is 6.20 Å². The van der Waals surface area contributed by atoms with E-state index in [4.69, 9.17) is 5.11 Å². The molecule has 0 aliphatic carbocycles. The Bertz CT molecular complexity index is 331. The lowest BCUT2D eigenvalue weighted by atomic mass is 10.3. The molecule has 0 unspecified atom stereocenters. The number of rotatable bonds is 3. The van der Waals surface area contributed by atoms with Crippen LogP contribution in [0.4, 0.5) is 4.79 Å². The van der Waals surface area contributed by atoms with Crippen molar-refractivity contribution < 1.29 is 14.7 Å². The molecule has 0 bridgehead atoms. The van der Waals surface area contributed by atoms with E-state index < -0.39 is 6.09 Å². The molecule has 0 saturated heterocycles. The maximum Gasteiger partial charge on any atom is 0.415 e. The summed E-state index contributed by atoms with van der Waals surface area (Å²) in [6, 6.07) is 3.26. The van der Waals surface area contributed by atoms with Gasteiger partial charge in [-0.3, -0.25) is 14.5 Å². The minimum atomic E-state index is -1.18. The Morgan fingerprint density at radius 2 is 2.29 bits per heavy atom. The van der Waals surface area contributed by atoms with Gasteiger partial charge in [0.1, 0.15) is 0 Å². The zero-order chi connectivity index (χ0) is 10.4. The molecular formula is C7H6N2O3S2. The molecule has 0 atom stereocenters. The fraction of sp³-hybridized carbons (Fsp3) is 0. The third-order valence-electron chi connectivity index (χ3n) is 1.14. The van der Waals surface area contributed by atoms with Crippen molar-refractivity contribution in [1.82, 2.24) is 9.71 Å². The molecule has 2 N–H and O–H groups in total. The van der Waals surface area contributed by atoms with Crippen molar-refractivity contribution >= 4 is 33.0 Å². The van der Waals surface area contributed by atoms with E-state index >= 15 is 0 Å². The van der Waals surface area contributed by atoms with Crippen LogP contribution in [0.25, 0.3) is 0 Å². The number of carbonyl (C=O) groups excluding carboxylic acids is 1. The van der Waals surface area contributed by atoms with E-state index in [-0.39, 0.29) is 5.12 Å². The fourth-order valence-electron chi connectivity index (χ4n) is 0.626. The van der Waals surface area contributed by atoms with E-state index in [0.29, 0.717) is 5.56 Å². The lowest BCUT2D eigenvalue weighted by molar-refractivity contribution is 0.109. The first-order valence-corrected chi connectivity index (χ1v) is 5.62. The number of nitrogens with one attached hydrogen (secondary N) is 1. The van der Waals surface area contributed by atoms with Gasteiger partial charge in [0.2, 0.25) is 5.12 Å². The zero-order valence-electron chi connectivity index (χ0n) is 6.84. The van der Waals surface area contributed by atoms with Crippen LogP contribution in [0.3, 0.4) is 0 Å². The van der Waals surface area contributed by atoms with E-state index in [1.54, 1.807) is 18.3 Å². The first-order chi connectivity index (χ1) is 6.70. The van der Waals surface area contributed by atoms with Gasteiger partial charge in [-0.15, -0.1) is 0 Å². The Hall–Kier alpha value is -1.21. The maximum absolute atomic E-state index is 11.3. The molecule has 0 radical (unpaired) electrons. The second-order valence-electron chi connectivity index (χ2n) is 2.10. The Kier molecular flexibility index (Phi) is 4.27. The van der Waals surface area contributed by atoms with Gasteiger partial charge in [-0.05, 0) is 12.1 Å². The van der Waals surface area contributed by atoms with Crippen molar-refractivity contribution in [2.24, 2.45) is 0 Å². The molecule has 1 amide bonds. The summed E-state index contributed by atoms with van der Waals surface area (Å²) in [6.07, 6.45) is 1.81. The van der Waals surface area contributed by atoms with Crippen LogP contribution in [0, 0.1) is 0 Å². The van der Waals surface area contributed by atoms with Crippen LogP contribution in [0.2, 0.25) is 0 Å². The number of hydrogen-bond acceptors (Lipinski definition) is 5. The highest BCUT2D eigenvalue weighted by Gasteiger charge is 2.07. The first-order valence-electron chi connectivity index (χ1n) is 3.47. The quantitative estimate of drug-likeness (QED) is 0.608. The average molecular weight is 230 g/mol. The summed E-state index contributed by atoms with van der Waals surface area (Å²) in [4.78, 5) is 25.1. The summed E-state index contributed by atoms with van der Waals surface area (Å²) < 4.78 is 2.00. The summed E-state index contributed by atoms with van der Waals surface area (Å²) in [7, 11) is 1.56. The van der Waals surface area contributed by atoms with Crippen molar-refractivity contribution in [3.8, 4) is 0 Å². The van der Waals surface area contributed by atoms with Crippen LogP contribution in [-0.4, -0.2) is 21.3 Å². The van der Waals surface area contributed by atoms with Crippen LogP contribution in [-0.2, 0) is 0 Å². The highest BCUT2D eigenvalue weighted by atomic mass is 33.1. The van der Waals surface area contributed by atoms with Crippen molar-refractivity contribution in [2.45, 2.75) is 0 Å². The zero-order valence-corrected chi connectivity index (χ0v) is 8.47. The molecular weight excluding hydrogens is 224 g/mol. The van der Waals surface area contributed by atoms with Crippen molar-refractivity contribution in [3.05, 3.63) is 30.1 Å². The SMILES string of the molecule is O=C(O)NSSC(=O)c1cccnc1. The lowest BCUT2D eigenvalue weighted by Crippen LogP contribution is -2.10.